The van der Waals surface area contributed by atoms with Gasteiger partial charge in [0.25, 0.3) is 0 Å². The lowest BCUT2D eigenvalue weighted by Gasteiger charge is -2.16. The lowest BCUT2D eigenvalue weighted by molar-refractivity contribution is 0.562. The van der Waals surface area contributed by atoms with Crippen molar-refractivity contribution >= 4 is 5.69 Å². The zero-order valence-corrected chi connectivity index (χ0v) is 9.55. The standard InChI is InChI=1S/C13H16N2O/c1-15(2)12-5-3-4-10(8-12)13(14)11-6-7-16-9-11/h3-9,13H,14H2,1-2H3. The van der Waals surface area contributed by atoms with E-state index < -0.39 is 0 Å². The molecule has 1 heterocycles. The molecule has 2 aromatic rings. The highest BCUT2D eigenvalue weighted by Gasteiger charge is 2.10. The van der Waals surface area contributed by atoms with Gasteiger partial charge in [0, 0.05) is 25.3 Å². The van der Waals surface area contributed by atoms with Crippen LogP contribution in [0.4, 0.5) is 5.69 Å². The Bertz CT molecular complexity index is 449. The van der Waals surface area contributed by atoms with E-state index in [-0.39, 0.29) is 6.04 Å². The maximum Gasteiger partial charge on any atom is 0.0953 e. The normalized spacial score (nSPS) is 12.4. The van der Waals surface area contributed by atoms with Gasteiger partial charge in [0.05, 0.1) is 18.6 Å². The summed E-state index contributed by atoms with van der Waals surface area (Å²) < 4.78 is 5.04. The fraction of sp³-hybridized carbons (Fsp3) is 0.231. The SMILES string of the molecule is CN(C)c1cccc(C(N)c2ccoc2)c1. The van der Waals surface area contributed by atoms with Gasteiger partial charge in [-0.3, -0.25) is 0 Å². The molecule has 0 saturated carbocycles. The molecule has 0 fully saturated rings. The zero-order valence-electron chi connectivity index (χ0n) is 9.55. The molecule has 0 radical (unpaired) electrons. The van der Waals surface area contributed by atoms with Crippen molar-refractivity contribution in [3.05, 3.63) is 54.0 Å². The second-order valence-electron chi connectivity index (χ2n) is 4.02. The van der Waals surface area contributed by atoms with Crippen molar-refractivity contribution in [2.24, 2.45) is 5.73 Å². The highest BCUT2D eigenvalue weighted by atomic mass is 16.3. The van der Waals surface area contributed by atoms with Crippen molar-refractivity contribution in [3.63, 3.8) is 0 Å². The molecule has 2 N–H and O–H groups in total. The second kappa shape index (κ2) is 4.41. The molecule has 3 heteroatoms. The number of furan rings is 1. The van der Waals surface area contributed by atoms with Crippen molar-refractivity contribution in [1.29, 1.82) is 0 Å². The van der Waals surface area contributed by atoms with Gasteiger partial charge >= 0.3 is 0 Å². The molecule has 1 atom stereocenters. The van der Waals surface area contributed by atoms with E-state index in [2.05, 4.69) is 17.0 Å². The molecule has 0 saturated heterocycles. The third-order valence-electron chi connectivity index (χ3n) is 2.65. The Morgan fingerprint density at radius 3 is 2.62 bits per heavy atom. The number of anilines is 1. The van der Waals surface area contributed by atoms with Crippen LogP contribution in [0, 0.1) is 0 Å². The predicted octanol–water partition coefficient (Wildman–Crippen LogP) is 2.39. The van der Waals surface area contributed by atoms with Crippen molar-refractivity contribution in [2.75, 3.05) is 19.0 Å². The van der Waals surface area contributed by atoms with E-state index in [0.717, 1.165) is 16.8 Å². The summed E-state index contributed by atoms with van der Waals surface area (Å²) in [5, 5.41) is 0. The van der Waals surface area contributed by atoms with E-state index in [4.69, 9.17) is 10.2 Å². The quantitative estimate of drug-likeness (QED) is 0.856. The van der Waals surface area contributed by atoms with E-state index >= 15 is 0 Å². The van der Waals surface area contributed by atoms with E-state index in [1.807, 2.05) is 32.3 Å². The van der Waals surface area contributed by atoms with E-state index in [1.165, 1.54) is 0 Å². The van der Waals surface area contributed by atoms with Crippen LogP contribution in [-0.4, -0.2) is 14.1 Å². The van der Waals surface area contributed by atoms with E-state index in [9.17, 15) is 0 Å². The number of hydrogen-bond acceptors (Lipinski definition) is 3. The van der Waals surface area contributed by atoms with Gasteiger partial charge in [-0.25, -0.2) is 0 Å². The molecule has 0 amide bonds. The summed E-state index contributed by atoms with van der Waals surface area (Å²) in [5.41, 5.74) is 9.39. The molecule has 0 aliphatic rings. The Hall–Kier alpha value is -1.74. The number of hydrogen-bond donors (Lipinski definition) is 1. The summed E-state index contributed by atoms with van der Waals surface area (Å²) in [6, 6.07) is 9.98. The third-order valence-corrected chi connectivity index (χ3v) is 2.65. The molecule has 0 aliphatic carbocycles. The number of benzene rings is 1. The molecule has 3 nitrogen and oxygen atoms in total. The van der Waals surface area contributed by atoms with Crippen LogP contribution in [0.1, 0.15) is 17.2 Å². The highest BCUT2D eigenvalue weighted by molar-refractivity contribution is 5.49. The first-order valence-corrected chi connectivity index (χ1v) is 5.23. The first-order chi connectivity index (χ1) is 7.68. The minimum Gasteiger partial charge on any atom is -0.472 e. The molecule has 0 bridgehead atoms. The van der Waals surface area contributed by atoms with Crippen LogP contribution in [0.2, 0.25) is 0 Å². The van der Waals surface area contributed by atoms with Gasteiger partial charge in [-0.1, -0.05) is 12.1 Å². The van der Waals surface area contributed by atoms with Crippen LogP contribution in [-0.2, 0) is 0 Å². The topological polar surface area (TPSA) is 42.4 Å². The number of nitrogens with zero attached hydrogens (tertiary/aromatic N) is 1. The summed E-state index contributed by atoms with van der Waals surface area (Å²) >= 11 is 0. The van der Waals surface area contributed by atoms with Crippen LogP contribution < -0.4 is 10.6 Å². The summed E-state index contributed by atoms with van der Waals surface area (Å²) in [4.78, 5) is 2.06. The lowest BCUT2D eigenvalue weighted by Crippen LogP contribution is -2.13. The molecule has 16 heavy (non-hydrogen) atoms. The van der Waals surface area contributed by atoms with Crippen molar-refractivity contribution < 1.29 is 4.42 Å². The van der Waals surface area contributed by atoms with Crippen LogP contribution in [0.5, 0.6) is 0 Å². The van der Waals surface area contributed by atoms with Crippen molar-refractivity contribution in [1.82, 2.24) is 0 Å². The molecule has 2 rings (SSSR count). The molecule has 0 spiro atoms. The first kappa shape index (κ1) is 10.8. The predicted molar refractivity (Wildman–Crippen MR) is 65.5 cm³/mol. The highest BCUT2D eigenvalue weighted by Crippen LogP contribution is 2.23. The molecule has 1 aromatic heterocycles. The van der Waals surface area contributed by atoms with Crippen molar-refractivity contribution in [3.8, 4) is 0 Å². The zero-order chi connectivity index (χ0) is 11.5. The van der Waals surface area contributed by atoms with Gasteiger partial charge in [-0.15, -0.1) is 0 Å². The molecular formula is C13H16N2O. The van der Waals surface area contributed by atoms with Crippen LogP contribution in [0.3, 0.4) is 0 Å². The van der Waals surface area contributed by atoms with Gasteiger partial charge in [0.1, 0.15) is 0 Å². The van der Waals surface area contributed by atoms with Gasteiger partial charge < -0.3 is 15.1 Å². The molecule has 1 aromatic carbocycles. The first-order valence-electron chi connectivity index (χ1n) is 5.23. The number of rotatable bonds is 3. The Balaban J connectivity index is 2.30. The van der Waals surface area contributed by atoms with Gasteiger partial charge in [0.15, 0.2) is 0 Å². The maximum atomic E-state index is 6.15. The number of nitrogens with two attached hydrogens (primary N) is 1. The molecule has 0 aliphatic heterocycles. The van der Waals surface area contributed by atoms with E-state index in [1.54, 1.807) is 12.5 Å². The maximum absolute atomic E-state index is 6.15. The fourth-order valence-electron chi connectivity index (χ4n) is 1.64. The second-order valence-corrected chi connectivity index (χ2v) is 4.02. The van der Waals surface area contributed by atoms with Crippen molar-refractivity contribution in [2.45, 2.75) is 6.04 Å². The summed E-state index contributed by atoms with van der Waals surface area (Å²) in [6.45, 7) is 0. The average Bonchev–Trinajstić information content (AvgIpc) is 2.81. The minimum absolute atomic E-state index is 0.126. The van der Waals surface area contributed by atoms with Crippen LogP contribution in [0.25, 0.3) is 0 Å². The molecule has 1 unspecified atom stereocenters. The van der Waals surface area contributed by atoms with E-state index in [0.29, 0.717) is 0 Å². The largest absolute Gasteiger partial charge is 0.472 e. The lowest BCUT2D eigenvalue weighted by atomic mass is 10.0. The van der Waals surface area contributed by atoms with Crippen LogP contribution >= 0.6 is 0 Å². The van der Waals surface area contributed by atoms with Gasteiger partial charge in [-0.2, -0.15) is 0 Å². The summed E-state index contributed by atoms with van der Waals surface area (Å²) in [6.07, 6.45) is 3.33. The molecule has 84 valence electrons. The van der Waals surface area contributed by atoms with Gasteiger partial charge in [0.2, 0.25) is 0 Å². The Kier molecular flexibility index (Phi) is 2.97. The smallest absolute Gasteiger partial charge is 0.0953 e. The Labute approximate surface area is 95.5 Å². The minimum atomic E-state index is -0.126. The fourth-order valence-corrected chi connectivity index (χ4v) is 1.64. The monoisotopic (exact) mass is 216 g/mol. The summed E-state index contributed by atoms with van der Waals surface area (Å²) in [7, 11) is 4.03. The summed E-state index contributed by atoms with van der Waals surface area (Å²) in [5.74, 6) is 0. The Morgan fingerprint density at radius 1 is 1.19 bits per heavy atom. The van der Waals surface area contributed by atoms with Gasteiger partial charge in [-0.05, 0) is 23.8 Å². The van der Waals surface area contributed by atoms with Crippen LogP contribution in [0.15, 0.2) is 47.3 Å². The third kappa shape index (κ3) is 2.09. The average molecular weight is 216 g/mol. The molecular weight excluding hydrogens is 200 g/mol. The Morgan fingerprint density at radius 2 is 2.00 bits per heavy atom.